The van der Waals surface area contributed by atoms with E-state index in [4.69, 9.17) is 5.26 Å². The van der Waals surface area contributed by atoms with Gasteiger partial charge in [0.1, 0.15) is 0 Å². The Balaban J connectivity index is 2.06. The Kier molecular flexibility index (Phi) is 7.41. The predicted molar refractivity (Wildman–Crippen MR) is 81.0 cm³/mol. The summed E-state index contributed by atoms with van der Waals surface area (Å²) in [5.74, 6) is 0. The van der Waals surface area contributed by atoms with Crippen LogP contribution in [0.25, 0.3) is 0 Å². The van der Waals surface area contributed by atoms with Crippen molar-refractivity contribution in [1.82, 2.24) is 10.2 Å². The minimum atomic E-state index is 0.244. The molecule has 19 heavy (non-hydrogen) atoms. The molecule has 3 heteroatoms. The highest BCUT2D eigenvalue weighted by Crippen LogP contribution is 2.20. The molecule has 0 spiro atoms. The minimum absolute atomic E-state index is 0.244. The van der Waals surface area contributed by atoms with Crippen molar-refractivity contribution in [2.24, 2.45) is 5.41 Å². The van der Waals surface area contributed by atoms with Crippen molar-refractivity contribution in [3.05, 3.63) is 0 Å². The number of likely N-dealkylation sites (tertiary alicyclic amines) is 1. The van der Waals surface area contributed by atoms with Gasteiger partial charge in [0.05, 0.1) is 6.07 Å². The van der Waals surface area contributed by atoms with E-state index < -0.39 is 0 Å². The fourth-order valence-electron chi connectivity index (χ4n) is 2.81. The van der Waals surface area contributed by atoms with E-state index in [1.54, 1.807) is 0 Å². The van der Waals surface area contributed by atoms with Gasteiger partial charge in [0.25, 0.3) is 0 Å². The number of rotatable bonds is 8. The molecule has 0 radical (unpaired) electrons. The zero-order valence-corrected chi connectivity index (χ0v) is 13.0. The fraction of sp³-hybridized carbons (Fsp3) is 0.938. The average molecular weight is 265 g/mol. The van der Waals surface area contributed by atoms with E-state index >= 15 is 0 Å². The number of nitrogens with one attached hydrogen (secondary N) is 1. The van der Waals surface area contributed by atoms with E-state index in [9.17, 15) is 0 Å². The van der Waals surface area contributed by atoms with Gasteiger partial charge in [0.15, 0.2) is 0 Å². The second-order valence-corrected chi connectivity index (χ2v) is 6.73. The molecular weight excluding hydrogens is 234 g/mol. The standard InChI is InChI=1S/C16H31N3/c1-15-8-4-5-12-19(15)13-7-11-18-14-16(2,3)9-6-10-17/h15,18H,4-9,11-14H2,1-3H3. The highest BCUT2D eigenvalue weighted by atomic mass is 15.2. The number of nitrogens with zero attached hydrogens (tertiary/aromatic N) is 2. The van der Waals surface area contributed by atoms with Crippen LogP contribution in [0, 0.1) is 16.7 Å². The van der Waals surface area contributed by atoms with Gasteiger partial charge >= 0.3 is 0 Å². The van der Waals surface area contributed by atoms with Crippen molar-refractivity contribution in [2.75, 3.05) is 26.2 Å². The van der Waals surface area contributed by atoms with Crippen molar-refractivity contribution < 1.29 is 0 Å². The zero-order chi connectivity index (χ0) is 14.1. The quantitative estimate of drug-likeness (QED) is 0.685. The van der Waals surface area contributed by atoms with Gasteiger partial charge in [0, 0.05) is 19.0 Å². The van der Waals surface area contributed by atoms with Crippen LogP contribution in [0.2, 0.25) is 0 Å². The van der Waals surface area contributed by atoms with Gasteiger partial charge in [-0.3, -0.25) is 0 Å². The molecule has 0 amide bonds. The number of hydrogen-bond acceptors (Lipinski definition) is 3. The smallest absolute Gasteiger partial charge is 0.0621 e. The van der Waals surface area contributed by atoms with Crippen LogP contribution >= 0.6 is 0 Å². The second kappa shape index (κ2) is 8.55. The van der Waals surface area contributed by atoms with Crippen molar-refractivity contribution in [3.8, 4) is 6.07 Å². The summed E-state index contributed by atoms with van der Waals surface area (Å²) in [5, 5.41) is 12.2. The molecule has 3 nitrogen and oxygen atoms in total. The molecule has 1 aliphatic heterocycles. The Morgan fingerprint density at radius 3 is 2.84 bits per heavy atom. The molecule has 0 aromatic heterocycles. The molecule has 0 aromatic carbocycles. The summed E-state index contributed by atoms with van der Waals surface area (Å²) >= 11 is 0. The maximum Gasteiger partial charge on any atom is 0.0621 e. The van der Waals surface area contributed by atoms with Crippen molar-refractivity contribution >= 4 is 0 Å². The molecule has 1 atom stereocenters. The zero-order valence-electron chi connectivity index (χ0n) is 13.0. The maximum atomic E-state index is 8.63. The molecule has 1 rings (SSSR count). The van der Waals surface area contributed by atoms with Gasteiger partial charge in [-0.2, -0.15) is 5.26 Å². The second-order valence-electron chi connectivity index (χ2n) is 6.73. The fourth-order valence-corrected chi connectivity index (χ4v) is 2.81. The summed E-state index contributed by atoms with van der Waals surface area (Å²) in [6.45, 7) is 11.5. The van der Waals surface area contributed by atoms with E-state index in [-0.39, 0.29) is 5.41 Å². The molecule has 0 saturated carbocycles. The number of hydrogen-bond donors (Lipinski definition) is 1. The largest absolute Gasteiger partial charge is 0.316 e. The average Bonchev–Trinajstić information content (AvgIpc) is 2.38. The summed E-state index contributed by atoms with van der Waals surface area (Å²) in [5.41, 5.74) is 0.244. The van der Waals surface area contributed by atoms with Crippen molar-refractivity contribution in [2.45, 2.75) is 65.3 Å². The molecule has 1 saturated heterocycles. The van der Waals surface area contributed by atoms with E-state index in [1.807, 2.05) is 0 Å². The third-order valence-electron chi connectivity index (χ3n) is 4.26. The number of piperidine rings is 1. The molecule has 0 aromatic rings. The summed E-state index contributed by atoms with van der Waals surface area (Å²) in [6.07, 6.45) is 7.04. The highest BCUT2D eigenvalue weighted by molar-refractivity contribution is 4.79. The first-order chi connectivity index (χ1) is 9.05. The van der Waals surface area contributed by atoms with Crippen LogP contribution < -0.4 is 5.32 Å². The van der Waals surface area contributed by atoms with E-state index in [2.05, 4.69) is 37.1 Å². The van der Waals surface area contributed by atoms with E-state index in [0.29, 0.717) is 6.42 Å². The first-order valence-electron chi connectivity index (χ1n) is 7.87. The summed E-state index contributed by atoms with van der Waals surface area (Å²) in [6, 6.07) is 3.02. The van der Waals surface area contributed by atoms with E-state index in [0.717, 1.165) is 25.6 Å². The lowest BCUT2D eigenvalue weighted by Gasteiger charge is -2.33. The summed E-state index contributed by atoms with van der Waals surface area (Å²) in [7, 11) is 0. The Labute approximate surface area is 119 Å². The molecule has 1 unspecified atom stereocenters. The third-order valence-corrected chi connectivity index (χ3v) is 4.26. The molecule has 0 aliphatic carbocycles. The monoisotopic (exact) mass is 265 g/mol. The van der Waals surface area contributed by atoms with Gasteiger partial charge < -0.3 is 10.2 Å². The molecule has 1 fully saturated rings. The van der Waals surface area contributed by atoms with Gasteiger partial charge in [-0.1, -0.05) is 20.3 Å². The molecule has 1 N–H and O–H groups in total. The van der Waals surface area contributed by atoms with Crippen LogP contribution in [0.15, 0.2) is 0 Å². The maximum absolute atomic E-state index is 8.63. The van der Waals surface area contributed by atoms with Gasteiger partial charge in [-0.25, -0.2) is 0 Å². The van der Waals surface area contributed by atoms with Crippen molar-refractivity contribution in [3.63, 3.8) is 0 Å². The Morgan fingerprint density at radius 2 is 2.16 bits per heavy atom. The van der Waals surface area contributed by atoms with Gasteiger partial charge in [0.2, 0.25) is 0 Å². The molecular formula is C16H31N3. The highest BCUT2D eigenvalue weighted by Gasteiger charge is 2.18. The van der Waals surface area contributed by atoms with Gasteiger partial charge in [-0.15, -0.1) is 0 Å². The molecule has 1 heterocycles. The lowest BCUT2D eigenvalue weighted by atomic mass is 9.88. The van der Waals surface area contributed by atoms with Crippen LogP contribution in [0.1, 0.15) is 59.3 Å². The molecule has 110 valence electrons. The van der Waals surface area contributed by atoms with Crippen LogP contribution in [-0.2, 0) is 0 Å². The normalized spacial score (nSPS) is 21.3. The van der Waals surface area contributed by atoms with Crippen LogP contribution in [0.4, 0.5) is 0 Å². The Morgan fingerprint density at radius 1 is 1.37 bits per heavy atom. The van der Waals surface area contributed by atoms with Gasteiger partial charge in [-0.05, 0) is 57.7 Å². The lowest BCUT2D eigenvalue weighted by Crippen LogP contribution is -2.39. The Hall–Kier alpha value is -0.590. The molecule has 0 bridgehead atoms. The topological polar surface area (TPSA) is 39.1 Å². The summed E-state index contributed by atoms with van der Waals surface area (Å²) in [4.78, 5) is 2.63. The summed E-state index contributed by atoms with van der Waals surface area (Å²) < 4.78 is 0. The third kappa shape index (κ3) is 6.94. The molecule has 1 aliphatic rings. The minimum Gasteiger partial charge on any atom is -0.316 e. The van der Waals surface area contributed by atoms with Crippen LogP contribution in [0.3, 0.4) is 0 Å². The first-order valence-corrected chi connectivity index (χ1v) is 7.87. The van der Waals surface area contributed by atoms with Crippen molar-refractivity contribution in [1.29, 1.82) is 5.26 Å². The number of nitriles is 1. The van der Waals surface area contributed by atoms with Crippen LogP contribution in [-0.4, -0.2) is 37.1 Å². The Bertz CT molecular complexity index is 280. The predicted octanol–water partition coefficient (Wildman–Crippen LogP) is 3.17. The van der Waals surface area contributed by atoms with E-state index in [1.165, 1.54) is 38.8 Å². The SMILES string of the molecule is CC1CCCCN1CCCNCC(C)(C)CCC#N. The first kappa shape index (κ1) is 16.5. The lowest BCUT2D eigenvalue weighted by molar-refractivity contribution is 0.158. The van der Waals surface area contributed by atoms with Crippen LogP contribution in [0.5, 0.6) is 0 Å².